The maximum absolute atomic E-state index is 12.9. The number of carbonyl (C=O) groups is 1. The second-order valence-corrected chi connectivity index (χ2v) is 7.06. The van der Waals surface area contributed by atoms with E-state index in [1.807, 2.05) is 0 Å². The highest BCUT2D eigenvalue weighted by molar-refractivity contribution is 5.96. The first-order valence-corrected chi connectivity index (χ1v) is 9.18. The summed E-state index contributed by atoms with van der Waals surface area (Å²) in [7, 11) is 1.29. The van der Waals surface area contributed by atoms with Gasteiger partial charge in [0.25, 0.3) is 0 Å². The number of carbonyl (C=O) groups excluding carboxylic acids is 1. The number of aromatic nitrogens is 1. The molecule has 29 heavy (non-hydrogen) atoms. The number of benzene rings is 2. The number of nitrogens with zero attached hydrogens (tertiary/aromatic N) is 1. The van der Waals surface area contributed by atoms with E-state index in [4.69, 9.17) is 9.47 Å². The van der Waals surface area contributed by atoms with Crippen molar-refractivity contribution in [3.63, 3.8) is 0 Å². The van der Waals surface area contributed by atoms with Gasteiger partial charge >= 0.3 is 12.1 Å². The lowest BCUT2D eigenvalue weighted by atomic mass is 10.1. The van der Waals surface area contributed by atoms with Gasteiger partial charge in [-0.3, -0.25) is 0 Å². The standard InChI is InChI=1S/C22H18F3NO3/c1-28-21(27)15-6-9-17-19(10-15)26-18(11-20(17)29-12-13-2-3-13)14-4-7-16(8-5-14)22(23,24)25/h4-11,13H,2-3,12H2,1H3. The zero-order valence-corrected chi connectivity index (χ0v) is 15.6. The molecule has 0 N–H and O–H groups in total. The van der Waals surface area contributed by atoms with Crippen molar-refractivity contribution in [2.24, 2.45) is 5.92 Å². The van der Waals surface area contributed by atoms with Crippen LogP contribution in [0.15, 0.2) is 48.5 Å². The molecular weight excluding hydrogens is 383 g/mol. The predicted molar refractivity (Wildman–Crippen MR) is 102 cm³/mol. The maximum atomic E-state index is 12.9. The summed E-state index contributed by atoms with van der Waals surface area (Å²) in [6, 6.07) is 11.5. The molecule has 0 spiro atoms. The summed E-state index contributed by atoms with van der Waals surface area (Å²) in [5, 5.41) is 0.731. The Morgan fingerprint density at radius 2 is 1.83 bits per heavy atom. The summed E-state index contributed by atoms with van der Waals surface area (Å²) < 4.78 is 49.3. The van der Waals surface area contributed by atoms with E-state index >= 15 is 0 Å². The number of alkyl halides is 3. The maximum Gasteiger partial charge on any atom is 0.416 e. The van der Waals surface area contributed by atoms with Crippen molar-refractivity contribution in [1.29, 1.82) is 0 Å². The fourth-order valence-corrected chi connectivity index (χ4v) is 3.03. The first-order chi connectivity index (χ1) is 13.8. The minimum absolute atomic E-state index is 0.338. The quantitative estimate of drug-likeness (QED) is 0.530. The van der Waals surface area contributed by atoms with Gasteiger partial charge in [-0.15, -0.1) is 0 Å². The van der Waals surface area contributed by atoms with Crippen LogP contribution < -0.4 is 4.74 Å². The van der Waals surface area contributed by atoms with Gasteiger partial charge in [-0.25, -0.2) is 9.78 Å². The van der Waals surface area contributed by atoms with E-state index in [-0.39, 0.29) is 0 Å². The van der Waals surface area contributed by atoms with E-state index in [1.165, 1.54) is 19.2 Å². The third kappa shape index (κ3) is 4.18. The Bertz CT molecular complexity index is 1060. The van der Waals surface area contributed by atoms with Crippen molar-refractivity contribution in [3.8, 4) is 17.0 Å². The van der Waals surface area contributed by atoms with Gasteiger partial charge in [0.15, 0.2) is 0 Å². The molecule has 1 aromatic heterocycles. The fourth-order valence-electron chi connectivity index (χ4n) is 3.03. The zero-order chi connectivity index (χ0) is 20.6. The topological polar surface area (TPSA) is 48.4 Å². The van der Waals surface area contributed by atoms with Crippen molar-refractivity contribution < 1.29 is 27.4 Å². The van der Waals surface area contributed by atoms with Crippen LogP contribution in [-0.2, 0) is 10.9 Å². The first kappa shape index (κ1) is 19.2. The molecule has 0 unspecified atom stereocenters. The molecule has 0 radical (unpaired) electrons. The summed E-state index contributed by atoms with van der Waals surface area (Å²) in [4.78, 5) is 16.4. The summed E-state index contributed by atoms with van der Waals surface area (Å²) in [5.74, 6) is 0.629. The van der Waals surface area contributed by atoms with Gasteiger partial charge in [0.1, 0.15) is 5.75 Å². The molecule has 0 atom stereocenters. The lowest BCUT2D eigenvalue weighted by Crippen LogP contribution is -2.04. The van der Waals surface area contributed by atoms with E-state index in [9.17, 15) is 18.0 Å². The van der Waals surface area contributed by atoms with Gasteiger partial charge in [-0.2, -0.15) is 13.2 Å². The number of hydrogen-bond acceptors (Lipinski definition) is 4. The molecule has 1 fully saturated rings. The summed E-state index contributed by atoms with van der Waals surface area (Å²) in [6.45, 7) is 0.574. The van der Waals surface area contributed by atoms with Crippen LogP contribution in [0, 0.1) is 5.92 Å². The molecule has 3 aromatic rings. The molecule has 2 aromatic carbocycles. The molecule has 4 rings (SSSR count). The Kier molecular flexibility index (Phi) is 4.90. The van der Waals surface area contributed by atoms with E-state index in [2.05, 4.69) is 4.98 Å². The number of esters is 1. The van der Waals surface area contributed by atoms with E-state index in [0.717, 1.165) is 30.4 Å². The average Bonchev–Trinajstić information content (AvgIpc) is 3.54. The molecule has 150 valence electrons. The Morgan fingerprint density at radius 1 is 1.10 bits per heavy atom. The number of methoxy groups -OCH3 is 1. The summed E-state index contributed by atoms with van der Waals surface area (Å²) in [5.41, 5.74) is 1.13. The highest BCUT2D eigenvalue weighted by Crippen LogP contribution is 2.35. The van der Waals surface area contributed by atoms with Gasteiger partial charge in [0.2, 0.25) is 0 Å². The lowest BCUT2D eigenvalue weighted by Gasteiger charge is -2.13. The van der Waals surface area contributed by atoms with Crippen LogP contribution in [0.25, 0.3) is 22.2 Å². The number of halogens is 3. The van der Waals surface area contributed by atoms with Gasteiger partial charge < -0.3 is 9.47 Å². The number of fused-ring (bicyclic) bond motifs is 1. The van der Waals surface area contributed by atoms with Crippen LogP contribution >= 0.6 is 0 Å². The smallest absolute Gasteiger partial charge is 0.416 e. The monoisotopic (exact) mass is 401 g/mol. The van der Waals surface area contributed by atoms with Crippen LogP contribution in [0.3, 0.4) is 0 Å². The van der Waals surface area contributed by atoms with Crippen LogP contribution in [-0.4, -0.2) is 24.7 Å². The summed E-state index contributed by atoms with van der Waals surface area (Å²) in [6.07, 6.45) is -2.15. The van der Waals surface area contributed by atoms with Gasteiger partial charge in [0, 0.05) is 17.0 Å². The van der Waals surface area contributed by atoms with Gasteiger partial charge in [-0.05, 0) is 49.1 Å². The SMILES string of the molecule is COC(=O)c1ccc2c(OCC3CC3)cc(-c3ccc(C(F)(F)F)cc3)nc2c1. The molecule has 1 aliphatic rings. The second-order valence-electron chi connectivity index (χ2n) is 7.06. The normalized spacial score (nSPS) is 14.1. The van der Waals surface area contributed by atoms with Crippen LogP contribution in [0.1, 0.15) is 28.8 Å². The number of ether oxygens (including phenoxy) is 2. The van der Waals surface area contributed by atoms with Crippen LogP contribution in [0.4, 0.5) is 13.2 Å². The van der Waals surface area contributed by atoms with Crippen LogP contribution in [0.5, 0.6) is 5.75 Å². The molecule has 1 heterocycles. The minimum atomic E-state index is -4.40. The fraction of sp³-hybridized carbons (Fsp3) is 0.273. The first-order valence-electron chi connectivity index (χ1n) is 9.18. The van der Waals surface area contributed by atoms with Crippen molar-refractivity contribution in [2.75, 3.05) is 13.7 Å². The third-order valence-corrected chi connectivity index (χ3v) is 4.87. The van der Waals surface area contributed by atoms with E-state index in [1.54, 1.807) is 24.3 Å². The molecule has 0 bridgehead atoms. The van der Waals surface area contributed by atoms with Crippen molar-refractivity contribution in [1.82, 2.24) is 4.98 Å². The van der Waals surface area contributed by atoms with Crippen LogP contribution in [0.2, 0.25) is 0 Å². The van der Waals surface area contributed by atoms with Crippen molar-refractivity contribution >= 4 is 16.9 Å². The minimum Gasteiger partial charge on any atom is -0.493 e. The number of pyridine rings is 1. The molecule has 0 amide bonds. The third-order valence-electron chi connectivity index (χ3n) is 4.87. The Balaban J connectivity index is 1.78. The molecule has 0 aliphatic heterocycles. The number of rotatable bonds is 5. The molecule has 0 saturated heterocycles. The Labute approximate surface area is 165 Å². The molecule has 1 saturated carbocycles. The van der Waals surface area contributed by atoms with Gasteiger partial charge in [-0.1, -0.05) is 12.1 Å². The molecule has 4 nitrogen and oxygen atoms in total. The Hall–Kier alpha value is -3.09. The van der Waals surface area contributed by atoms with E-state index < -0.39 is 17.7 Å². The lowest BCUT2D eigenvalue weighted by molar-refractivity contribution is -0.137. The highest BCUT2D eigenvalue weighted by atomic mass is 19.4. The predicted octanol–water partition coefficient (Wildman–Crippen LogP) is 5.50. The number of hydrogen-bond donors (Lipinski definition) is 0. The Morgan fingerprint density at radius 3 is 2.45 bits per heavy atom. The van der Waals surface area contributed by atoms with Crippen molar-refractivity contribution in [3.05, 3.63) is 59.7 Å². The highest BCUT2D eigenvalue weighted by Gasteiger charge is 2.30. The molecule has 7 heteroatoms. The largest absolute Gasteiger partial charge is 0.493 e. The average molecular weight is 401 g/mol. The zero-order valence-electron chi connectivity index (χ0n) is 15.6. The van der Waals surface area contributed by atoms with Crippen molar-refractivity contribution in [2.45, 2.75) is 19.0 Å². The van der Waals surface area contributed by atoms with E-state index in [0.29, 0.717) is 40.6 Å². The second kappa shape index (κ2) is 7.39. The van der Waals surface area contributed by atoms with Gasteiger partial charge in [0.05, 0.1) is 36.1 Å². The summed E-state index contributed by atoms with van der Waals surface area (Å²) >= 11 is 0. The molecule has 1 aliphatic carbocycles. The molecular formula is C22H18F3NO3.